The van der Waals surface area contributed by atoms with Crippen LogP contribution in [-0.2, 0) is 0 Å². The number of aliphatic imine (C=N–C) groups is 2. The molecule has 0 aromatic heterocycles. The van der Waals surface area contributed by atoms with Crippen LogP contribution < -0.4 is 4.74 Å². The van der Waals surface area contributed by atoms with E-state index in [9.17, 15) is 0 Å². The van der Waals surface area contributed by atoms with Gasteiger partial charge in [-0.1, -0.05) is 0 Å². The van der Waals surface area contributed by atoms with Gasteiger partial charge in [0.05, 0.1) is 5.71 Å². The van der Waals surface area contributed by atoms with Crippen LogP contribution in [0.2, 0.25) is 0 Å². The van der Waals surface area contributed by atoms with Gasteiger partial charge in [0, 0.05) is 35.3 Å². The van der Waals surface area contributed by atoms with Crippen molar-refractivity contribution in [3.05, 3.63) is 53.4 Å². The zero-order valence-corrected chi connectivity index (χ0v) is 11.3. The zero-order chi connectivity index (χ0) is 13.5. The molecular weight excluding hydrogens is 236 g/mol. The lowest BCUT2D eigenvalue weighted by atomic mass is 10.0. The van der Waals surface area contributed by atoms with E-state index in [1.807, 2.05) is 63.7 Å². The van der Waals surface area contributed by atoms with Crippen LogP contribution in [-0.4, -0.2) is 17.5 Å². The molecule has 3 heteroatoms. The maximum atomic E-state index is 5.81. The van der Waals surface area contributed by atoms with E-state index in [1.165, 1.54) is 0 Å². The van der Waals surface area contributed by atoms with Crippen molar-refractivity contribution >= 4 is 11.9 Å². The summed E-state index contributed by atoms with van der Waals surface area (Å²) in [6, 6.07) is 8.04. The molecule has 1 aromatic rings. The van der Waals surface area contributed by atoms with E-state index in [0.717, 1.165) is 28.2 Å². The fourth-order valence-electron chi connectivity index (χ4n) is 2.10. The Balaban J connectivity index is 1.81. The number of nitrogens with zero attached hydrogens (tertiary/aromatic N) is 2. The molecule has 3 nitrogen and oxygen atoms in total. The molecular formula is C16H16N2O. The number of fused-ring (bicyclic) bond motifs is 1. The fourth-order valence-corrected chi connectivity index (χ4v) is 2.10. The van der Waals surface area contributed by atoms with E-state index >= 15 is 0 Å². The maximum absolute atomic E-state index is 5.81. The van der Waals surface area contributed by atoms with Crippen molar-refractivity contribution < 1.29 is 4.74 Å². The van der Waals surface area contributed by atoms with Crippen molar-refractivity contribution in [3.63, 3.8) is 0 Å². The first-order valence-electron chi connectivity index (χ1n) is 6.34. The Labute approximate surface area is 113 Å². The lowest BCUT2D eigenvalue weighted by Crippen LogP contribution is -2.22. The normalized spacial score (nSPS) is 16.9. The highest BCUT2D eigenvalue weighted by atomic mass is 16.5. The molecule has 0 bridgehead atoms. The molecule has 96 valence electrons. The molecule has 2 aliphatic rings. The highest BCUT2D eigenvalue weighted by Gasteiger charge is 2.20. The summed E-state index contributed by atoms with van der Waals surface area (Å²) in [5.74, 6) is 0.875. The second-order valence-corrected chi connectivity index (χ2v) is 5.62. The van der Waals surface area contributed by atoms with E-state index in [0.29, 0.717) is 0 Å². The van der Waals surface area contributed by atoms with Crippen molar-refractivity contribution in [3.8, 4) is 5.75 Å². The number of rotatable bonds is 2. The van der Waals surface area contributed by atoms with Gasteiger partial charge in [0.25, 0.3) is 0 Å². The van der Waals surface area contributed by atoms with Crippen molar-refractivity contribution in [2.24, 2.45) is 9.98 Å². The first-order chi connectivity index (χ1) is 9.03. The monoisotopic (exact) mass is 252 g/mol. The third-order valence-electron chi connectivity index (χ3n) is 2.87. The Hall–Kier alpha value is -2.16. The molecule has 2 heterocycles. The predicted molar refractivity (Wildman–Crippen MR) is 78.0 cm³/mol. The standard InChI is InChI=1S/C16H16N2O/c1-16(2,3)19-13-6-4-11(5-7-13)15-14-10-17-8-12(14)9-18-15/h4-10H,1-3H3. The number of hydrogen-bond acceptors (Lipinski definition) is 3. The van der Waals surface area contributed by atoms with Gasteiger partial charge in [0.2, 0.25) is 0 Å². The second-order valence-electron chi connectivity index (χ2n) is 5.62. The molecule has 0 atom stereocenters. The molecule has 0 radical (unpaired) electrons. The minimum atomic E-state index is -0.178. The van der Waals surface area contributed by atoms with Crippen molar-refractivity contribution in [1.82, 2.24) is 0 Å². The van der Waals surface area contributed by atoms with Crippen LogP contribution in [0.25, 0.3) is 0 Å². The highest BCUT2D eigenvalue weighted by Crippen LogP contribution is 2.27. The Kier molecular flexibility index (Phi) is 2.63. The summed E-state index contributed by atoms with van der Waals surface area (Å²) in [6.45, 7) is 6.12. The average molecular weight is 252 g/mol. The molecule has 3 rings (SSSR count). The average Bonchev–Trinajstić information content (AvgIpc) is 2.90. The summed E-state index contributed by atoms with van der Waals surface area (Å²) in [7, 11) is 0. The molecule has 0 aliphatic carbocycles. The quantitative estimate of drug-likeness (QED) is 0.793. The number of ether oxygens (including phenoxy) is 1. The van der Waals surface area contributed by atoms with Crippen LogP contribution >= 0.6 is 0 Å². The van der Waals surface area contributed by atoms with Crippen LogP contribution in [0, 0.1) is 0 Å². The van der Waals surface area contributed by atoms with E-state index < -0.39 is 0 Å². The largest absolute Gasteiger partial charge is 0.488 e. The lowest BCUT2D eigenvalue weighted by Gasteiger charge is -2.21. The Morgan fingerprint density at radius 3 is 2.42 bits per heavy atom. The molecule has 0 N–H and O–H groups in total. The van der Waals surface area contributed by atoms with Gasteiger partial charge in [0.15, 0.2) is 0 Å². The van der Waals surface area contributed by atoms with E-state index in [1.54, 1.807) is 0 Å². The minimum absolute atomic E-state index is 0.178. The van der Waals surface area contributed by atoms with E-state index in [2.05, 4.69) is 9.98 Å². The van der Waals surface area contributed by atoms with Crippen molar-refractivity contribution in [2.75, 3.05) is 0 Å². The molecule has 0 saturated carbocycles. The van der Waals surface area contributed by atoms with Crippen molar-refractivity contribution in [2.45, 2.75) is 26.4 Å². The first-order valence-corrected chi connectivity index (χ1v) is 6.34. The predicted octanol–water partition coefficient (Wildman–Crippen LogP) is 3.52. The number of benzene rings is 1. The third kappa shape index (κ3) is 2.36. The van der Waals surface area contributed by atoms with Crippen LogP contribution in [0.1, 0.15) is 26.3 Å². The fraction of sp³-hybridized carbons (Fsp3) is 0.250. The van der Waals surface area contributed by atoms with Gasteiger partial charge in [0.1, 0.15) is 11.4 Å². The maximum Gasteiger partial charge on any atom is 0.120 e. The molecule has 0 unspecified atom stereocenters. The number of hydrogen-bond donors (Lipinski definition) is 0. The van der Waals surface area contributed by atoms with Gasteiger partial charge in [-0.15, -0.1) is 0 Å². The van der Waals surface area contributed by atoms with Gasteiger partial charge < -0.3 is 4.74 Å². The molecule has 2 aliphatic heterocycles. The molecule has 1 aromatic carbocycles. The first kappa shape index (κ1) is 11.9. The summed E-state index contributed by atoms with van der Waals surface area (Å²) in [5.41, 5.74) is 4.08. The smallest absolute Gasteiger partial charge is 0.120 e. The molecule has 0 fully saturated rings. The van der Waals surface area contributed by atoms with Crippen LogP contribution in [0.15, 0.2) is 57.8 Å². The third-order valence-corrected chi connectivity index (χ3v) is 2.87. The summed E-state index contributed by atoms with van der Waals surface area (Å²) in [5, 5.41) is 0. The zero-order valence-electron chi connectivity index (χ0n) is 11.3. The summed E-state index contributed by atoms with van der Waals surface area (Å²) in [4.78, 5) is 8.60. The molecule has 19 heavy (non-hydrogen) atoms. The van der Waals surface area contributed by atoms with Crippen molar-refractivity contribution in [1.29, 1.82) is 0 Å². The second kappa shape index (κ2) is 4.19. The van der Waals surface area contributed by atoms with Gasteiger partial charge in [-0.3, -0.25) is 9.98 Å². The van der Waals surface area contributed by atoms with Gasteiger partial charge in [-0.05, 0) is 45.0 Å². The topological polar surface area (TPSA) is 34.0 Å². The molecule has 0 saturated heterocycles. The molecule has 0 spiro atoms. The van der Waals surface area contributed by atoms with Crippen LogP contribution in [0.3, 0.4) is 0 Å². The van der Waals surface area contributed by atoms with Gasteiger partial charge >= 0.3 is 0 Å². The van der Waals surface area contributed by atoms with E-state index in [-0.39, 0.29) is 5.60 Å². The lowest BCUT2D eigenvalue weighted by molar-refractivity contribution is 0.131. The van der Waals surface area contributed by atoms with Crippen LogP contribution in [0.5, 0.6) is 5.75 Å². The van der Waals surface area contributed by atoms with Gasteiger partial charge in [-0.2, -0.15) is 0 Å². The Morgan fingerprint density at radius 1 is 1.00 bits per heavy atom. The molecule has 0 amide bonds. The van der Waals surface area contributed by atoms with Gasteiger partial charge in [-0.25, -0.2) is 0 Å². The Morgan fingerprint density at radius 2 is 1.74 bits per heavy atom. The van der Waals surface area contributed by atoms with Crippen LogP contribution in [0.4, 0.5) is 0 Å². The summed E-state index contributed by atoms with van der Waals surface area (Å²) in [6.07, 6.45) is 5.55. The SMILES string of the molecule is CC(C)(C)Oc1ccc(C2=NC=C3C=NC=C32)cc1. The Bertz CT molecular complexity index is 626. The summed E-state index contributed by atoms with van der Waals surface area (Å²) < 4.78 is 5.81. The summed E-state index contributed by atoms with van der Waals surface area (Å²) >= 11 is 0. The van der Waals surface area contributed by atoms with E-state index in [4.69, 9.17) is 4.74 Å². The minimum Gasteiger partial charge on any atom is -0.488 e. The highest BCUT2D eigenvalue weighted by molar-refractivity contribution is 6.22. The number of allylic oxidation sites excluding steroid dienone is 2.